The third kappa shape index (κ3) is 1.59. The zero-order valence-electron chi connectivity index (χ0n) is 5.32. The number of hydrogen-bond donors (Lipinski definition) is 0. The van der Waals surface area contributed by atoms with Gasteiger partial charge in [0.25, 0.3) is 0 Å². The zero-order chi connectivity index (χ0) is 8.27. The Hall–Kier alpha value is -1.29. The molecule has 56 valence electrons. The van der Waals surface area contributed by atoms with Gasteiger partial charge in [-0.25, -0.2) is 0 Å². The van der Waals surface area contributed by atoms with Crippen LogP contribution >= 0.6 is 11.6 Å². The molecule has 4 nitrogen and oxygen atoms in total. The number of benzene rings is 1. The quantitative estimate of drug-likeness (QED) is 0.640. The molecule has 0 heterocycles. The average Bonchev–Trinajstić information content (AvgIpc) is 2.04. The molecule has 5 heteroatoms. The van der Waals surface area contributed by atoms with Gasteiger partial charge in [-0.15, -0.1) is 9.81 Å². The fourth-order valence-electron chi connectivity index (χ4n) is 0.647. The summed E-state index contributed by atoms with van der Waals surface area (Å²) in [6.07, 6.45) is 0. The van der Waals surface area contributed by atoms with E-state index in [4.69, 9.17) is 11.6 Å². The molecule has 0 radical (unpaired) electrons. The average molecular weight is 171 g/mol. The molecule has 0 aromatic heterocycles. The molecule has 0 spiro atoms. The first-order valence-corrected chi connectivity index (χ1v) is 3.12. The molecule has 0 atom stereocenters. The Morgan fingerprint density at radius 3 is 2.27 bits per heavy atom. The van der Waals surface area contributed by atoms with Crippen molar-refractivity contribution in [2.75, 3.05) is 0 Å². The second kappa shape index (κ2) is 3.21. The maximum absolute atomic E-state index is 10.0. The maximum atomic E-state index is 10.0. The SMILES string of the molecule is O=Nc1ccc(Cl)cc1N=O. The third-order valence-corrected chi connectivity index (χ3v) is 1.37. The molecule has 1 aromatic rings. The van der Waals surface area contributed by atoms with Gasteiger partial charge >= 0.3 is 0 Å². The molecule has 1 rings (SSSR count). The first-order chi connectivity index (χ1) is 5.27. The van der Waals surface area contributed by atoms with Crippen molar-refractivity contribution < 1.29 is 0 Å². The summed E-state index contributed by atoms with van der Waals surface area (Å²) in [4.78, 5) is 20.0. The fourth-order valence-corrected chi connectivity index (χ4v) is 0.813. The molecule has 0 aliphatic heterocycles. The standard InChI is InChI=1S/C6H3ClN2O2/c7-4-1-2-5(8-10)6(3-4)9-11/h1-3H. The predicted molar refractivity (Wildman–Crippen MR) is 42.4 cm³/mol. The van der Waals surface area contributed by atoms with Gasteiger partial charge in [-0.05, 0) is 28.6 Å². The topological polar surface area (TPSA) is 58.9 Å². The summed E-state index contributed by atoms with van der Waals surface area (Å²) in [6, 6.07) is 4.09. The van der Waals surface area contributed by atoms with Crippen molar-refractivity contribution in [1.82, 2.24) is 0 Å². The molecule has 0 unspecified atom stereocenters. The van der Waals surface area contributed by atoms with Gasteiger partial charge in [0.1, 0.15) is 11.4 Å². The summed E-state index contributed by atoms with van der Waals surface area (Å²) < 4.78 is 0. The van der Waals surface area contributed by atoms with E-state index in [0.29, 0.717) is 5.02 Å². The number of nitroso groups, excluding NO2 is 2. The van der Waals surface area contributed by atoms with Crippen LogP contribution in [0, 0.1) is 9.81 Å². The van der Waals surface area contributed by atoms with Gasteiger partial charge in [0.2, 0.25) is 0 Å². The van der Waals surface area contributed by atoms with Gasteiger partial charge in [-0.1, -0.05) is 11.6 Å². The van der Waals surface area contributed by atoms with Crippen molar-refractivity contribution in [2.24, 2.45) is 10.4 Å². The fraction of sp³-hybridized carbons (Fsp3) is 0. The highest BCUT2D eigenvalue weighted by molar-refractivity contribution is 6.31. The smallest absolute Gasteiger partial charge is 0.138 e. The van der Waals surface area contributed by atoms with Crippen LogP contribution in [0.1, 0.15) is 0 Å². The summed E-state index contributed by atoms with van der Waals surface area (Å²) in [5, 5.41) is 5.51. The van der Waals surface area contributed by atoms with Crippen LogP contribution in [-0.2, 0) is 0 Å². The Balaban J connectivity index is 3.26. The molecule has 0 bridgehead atoms. The molecular formula is C6H3ClN2O2. The van der Waals surface area contributed by atoms with Crippen molar-refractivity contribution in [3.05, 3.63) is 33.0 Å². The van der Waals surface area contributed by atoms with Gasteiger partial charge in [-0.2, -0.15) is 0 Å². The Bertz CT molecular complexity index is 301. The summed E-state index contributed by atoms with van der Waals surface area (Å²) in [6.45, 7) is 0. The van der Waals surface area contributed by atoms with Crippen LogP contribution in [0.4, 0.5) is 11.4 Å². The molecule has 0 saturated carbocycles. The summed E-state index contributed by atoms with van der Waals surface area (Å²) in [7, 11) is 0. The Morgan fingerprint density at radius 1 is 1.09 bits per heavy atom. The number of rotatable bonds is 2. The number of halogens is 1. The molecule has 11 heavy (non-hydrogen) atoms. The molecule has 0 N–H and O–H groups in total. The minimum atomic E-state index is -0.0347. The highest BCUT2D eigenvalue weighted by Gasteiger charge is 2.02. The monoisotopic (exact) mass is 170 g/mol. The van der Waals surface area contributed by atoms with Crippen molar-refractivity contribution in [3.63, 3.8) is 0 Å². The zero-order valence-corrected chi connectivity index (χ0v) is 6.08. The number of nitrogens with zero attached hydrogens (tertiary/aromatic N) is 2. The molecule has 1 aromatic carbocycles. The Labute approximate surface area is 67.1 Å². The van der Waals surface area contributed by atoms with Crippen molar-refractivity contribution in [1.29, 1.82) is 0 Å². The van der Waals surface area contributed by atoms with Crippen LogP contribution in [0.15, 0.2) is 28.6 Å². The van der Waals surface area contributed by atoms with E-state index in [2.05, 4.69) is 10.4 Å². The van der Waals surface area contributed by atoms with E-state index >= 15 is 0 Å². The molecule has 0 aliphatic rings. The molecule has 0 amide bonds. The van der Waals surface area contributed by atoms with Gasteiger partial charge in [0.05, 0.1) is 0 Å². The van der Waals surface area contributed by atoms with E-state index in [0.717, 1.165) is 0 Å². The lowest BCUT2D eigenvalue weighted by Gasteiger charge is -1.92. The van der Waals surface area contributed by atoms with Crippen LogP contribution in [0.2, 0.25) is 5.02 Å². The van der Waals surface area contributed by atoms with Crippen molar-refractivity contribution in [3.8, 4) is 0 Å². The minimum absolute atomic E-state index is 0.00407. The first-order valence-electron chi connectivity index (χ1n) is 2.74. The highest BCUT2D eigenvalue weighted by atomic mass is 35.5. The van der Waals surface area contributed by atoms with Gasteiger partial charge in [0, 0.05) is 5.02 Å². The lowest BCUT2D eigenvalue weighted by atomic mass is 10.3. The summed E-state index contributed by atoms with van der Waals surface area (Å²) >= 11 is 5.51. The van der Waals surface area contributed by atoms with Crippen molar-refractivity contribution >= 4 is 23.0 Å². The number of hydrogen-bond acceptors (Lipinski definition) is 4. The van der Waals surface area contributed by atoms with Crippen LogP contribution < -0.4 is 0 Å². The summed E-state index contributed by atoms with van der Waals surface area (Å²) in [5.74, 6) is 0. The van der Waals surface area contributed by atoms with E-state index in [-0.39, 0.29) is 11.4 Å². The van der Waals surface area contributed by atoms with Crippen LogP contribution in [-0.4, -0.2) is 0 Å². The molecule has 0 saturated heterocycles. The predicted octanol–water partition coefficient (Wildman–Crippen LogP) is 3.14. The lowest BCUT2D eigenvalue weighted by molar-refractivity contribution is 1.42. The van der Waals surface area contributed by atoms with E-state index in [1.54, 1.807) is 0 Å². The molecular weight excluding hydrogens is 168 g/mol. The minimum Gasteiger partial charge on any atom is -0.145 e. The normalized spacial score (nSPS) is 9.18. The van der Waals surface area contributed by atoms with Crippen LogP contribution in [0.5, 0.6) is 0 Å². The molecule has 0 fully saturated rings. The largest absolute Gasteiger partial charge is 0.145 e. The van der Waals surface area contributed by atoms with Gasteiger partial charge in [-0.3, -0.25) is 0 Å². The Kier molecular flexibility index (Phi) is 2.28. The van der Waals surface area contributed by atoms with Crippen LogP contribution in [0.25, 0.3) is 0 Å². The van der Waals surface area contributed by atoms with E-state index in [1.165, 1.54) is 18.2 Å². The van der Waals surface area contributed by atoms with Gasteiger partial charge in [0.15, 0.2) is 0 Å². The second-order valence-electron chi connectivity index (χ2n) is 1.82. The lowest BCUT2D eigenvalue weighted by Crippen LogP contribution is -1.66. The highest BCUT2D eigenvalue weighted by Crippen LogP contribution is 2.29. The summed E-state index contributed by atoms with van der Waals surface area (Å²) in [5.41, 5.74) is -0.0306. The van der Waals surface area contributed by atoms with Crippen molar-refractivity contribution in [2.45, 2.75) is 0 Å². The van der Waals surface area contributed by atoms with Crippen LogP contribution in [0.3, 0.4) is 0 Å². The van der Waals surface area contributed by atoms with E-state index < -0.39 is 0 Å². The second-order valence-corrected chi connectivity index (χ2v) is 2.25. The van der Waals surface area contributed by atoms with E-state index in [1.807, 2.05) is 0 Å². The van der Waals surface area contributed by atoms with Gasteiger partial charge < -0.3 is 0 Å². The third-order valence-electron chi connectivity index (χ3n) is 1.13. The Morgan fingerprint density at radius 2 is 1.73 bits per heavy atom. The maximum Gasteiger partial charge on any atom is 0.138 e. The van der Waals surface area contributed by atoms with E-state index in [9.17, 15) is 9.81 Å². The molecule has 0 aliphatic carbocycles. The first kappa shape index (κ1) is 7.81.